The molecule has 2 N–H and O–H groups in total. The molecular weight excluding hydrogens is 358 g/mol. The lowest BCUT2D eigenvalue weighted by Gasteiger charge is -2.31. The van der Waals surface area contributed by atoms with Crippen molar-refractivity contribution in [2.24, 2.45) is 17.8 Å². The summed E-state index contributed by atoms with van der Waals surface area (Å²) in [6, 6.07) is 5.08. The Kier molecular flexibility index (Phi) is 4.45. The number of nitrogens with zero attached hydrogens (tertiary/aromatic N) is 1. The normalized spacial score (nSPS) is 31.0. The van der Waals surface area contributed by atoms with Gasteiger partial charge in [0.25, 0.3) is 0 Å². The monoisotopic (exact) mass is 385 g/mol. The zero-order chi connectivity index (χ0) is 20.2. The van der Waals surface area contributed by atoms with Crippen molar-refractivity contribution in [1.82, 2.24) is 10.2 Å². The fourth-order valence-corrected chi connectivity index (χ4v) is 5.21. The van der Waals surface area contributed by atoms with Crippen LogP contribution in [0.3, 0.4) is 0 Å². The van der Waals surface area contributed by atoms with Gasteiger partial charge in [0.15, 0.2) is 0 Å². The average molecular weight is 385 g/mol. The second-order valence-corrected chi connectivity index (χ2v) is 8.43. The molecule has 7 heteroatoms. The fourth-order valence-electron chi connectivity index (χ4n) is 5.21. The molecule has 3 aliphatic rings. The molecule has 1 aromatic rings. The van der Waals surface area contributed by atoms with Crippen LogP contribution in [0.2, 0.25) is 0 Å². The summed E-state index contributed by atoms with van der Waals surface area (Å²) < 4.78 is 5.35. The predicted octanol–water partition coefficient (Wildman–Crippen LogP) is 2.09. The molecule has 3 aliphatic heterocycles. The van der Waals surface area contributed by atoms with Crippen molar-refractivity contribution in [3.05, 3.63) is 23.8 Å². The predicted molar refractivity (Wildman–Crippen MR) is 104 cm³/mol. The van der Waals surface area contributed by atoms with Crippen LogP contribution in [0.1, 0.15) is 45.2 Å². The Morgan fingerprint density at radius 3 is 2.64 bits per heavy atom. The molecule has 0 aliphatic carbocycles. The van der Waals surface area contributed by atoms with Crippen LogP contribution >= 0.6 is 0 Å². The smallest absolute Gasteiger partial charge is 0.250 e. The van der Waals surface area contributed by atoms with E-state index in [1.807, 2.05) is 26.8 Å². The van der Waals surface area contributed by atoms with E-state index in [9.17, 15) is 14.4 Å². The number of carbonyl (C=O) groups excluding carboxylic acids is 3. The van der Waals surface area contributed by atoms with Gasteiger partial charge < -0.3 is 10.1 Å². The van der Waals surface area contributed by atoms with Gasteiger partial charge in [-0.15, -0.1) is 0 Å². The van der Waals surface area contributed by atoms with Crippen LogP contribution < -0.4 is 15.4 Å². The second kappa shape index (κ2) is 6.58. The van der Waals surface area contributed by atoms with Gasteiger partial charge in [0, 0.05) is 18.3 Å². The maximum atomic E-state index is 13.4. The van der Waals surface area contributed by atoms with Gasteiger partial charge in [-0.1, -0.05) is 20.8 Å². The molecule has 0 spiro atoms. The number of benzene rings is 1. The number of anilines is 1. The molecule has 2 saturated heterocycles. The van der Waals surface area contributed by atoms with Crippen LogP contribution in [-0.4, -0.2) is 41.8 Å². The third-order valence-corrected chi connectivity index (χ3v) is 6.15. The first-order valence-corrected chi connectivity index (χ1v) is 9.96. The molecule has 3 amide bonds. The first-order chi connectivity index (χ1) is 13.3. The first-order valence-electron chi connectivity index (χ1n) is 9.96. The number of carbonyl (C=O) groups is 3. The second-order valence-electron chi connectivity index (χ2n) is 8.43. The van der Waals surface area contributed by atoms with Crippen molar-refractivity contribution in [1.29, 1.82) is 0 Å². The zero-order valence-electron chi connectivity index (χ0n) is 16.7. The minimum Gasteiger partial charge on any atom is -0.497 e. The van der Waals surface area contributed by atoms with E-state index in [-0.39, 0.29) is 29.7 Å². The first kappa shape index (κ1) is 18.9. The van der Waals surface area contributed by atoms with Crippen molar-refractivity contribution < 1.29 is 19.1 Å². The van der Waals surface area contributed by atoms with E-state index in [0.29, 0.717) is 30.8 Å². The Morgan fingerprint density at radius 2 is 2.00 bits per heavy atom. The molecule has 0 radical (unpaired) electrons. The maximum Gasteiger partial charge on any atom is 0.250 e. The lowest BCUT2D eigenvalue weighted by molar-refractivity contribution is -0.142. The van der Waals surface area contributed by atoms with E-state index in [2.05, 4.69) is 10.6 Å². The van der Waals surface area contributed by atoms with Crippen LogP contribution in [0.4, 0.5) is 5.69 Å². The largest absolute Gasteiger partial charge is 0.497 e. The number of likely N-dealkylation sites (tertiary alicyclic amines) is 1. The van der Waals surface area contributed by atoms with E-state index >= 15 is 0 Å². The number of nitrogens with one attached hydrogen (secondary N) is 2. The van der Waals surface area contributed by atoms with E-state index in [1.54, 1.807) is 19.2 Å². The van der Waals surface area contributed by atoms with Gasteiger partial charge in [0.1, 0.15) is 11.3 Å². The summed E-state index contributed by atoms with van der Waals surface area (Å²) in [5.74, 6) is -1.05. The number of rotatable bonds is 5. The summed E-state index contributed by atoms with van der Waals surface area (Å²) in [5, 5.41) is 6.41. The third kappa shape index (κ3) is 2.49. The molecule has 0 aromatic heterocycles. The van der Waals surface area contributed by atoms with E-state index in [0.717, 1.165) is 5.56 Å². The number of amides is 3. The minimum atomic E-state index is -1.03. The molecule has 7 nitrogen and oxygen atoms in total. The van der Waals surface area contributed by atoms with Crippen LogP contribution in [0.25, 0.3) is 0 Å². The molecular formula is C21H27N3O4. The maximum absolute atomic E-state index is 13.4. The van der Waals surface area contributed by atoms with Crippen LogP contribution in [-0.2, 0) is 14.4 Å². The quantitative estimate of drug-likeness (QED) is 0.758. The van der Waals surface area contributed by atoms with Gasteiger partial charge in [0.2, 0.25) is 17.7 Å². The molecule has 4 rings (SSSR count). The van der Waals surface area contributed by atoms with Gasteiger partial charge in [0.05, 0.1) is 18.9 Å². The SMILES string of the molecule is CCCN1C(=O)[C@@H]2[C@@H]3C(=O)Nc4ccc(OC)cc4[C@@H]3N[C@]2(CC(C)C)C1=O. The number of hydrogen-bond acceptors (Lipinski definition) is 5. The Labute approximate surface area is 164 Å². The van der Waals surface area contributed by atoms with Gasteiger partial charge in [-0.05, 0) is 42.5 Å². The zero-order valence-corrected chi connectivity index (χ0v) is 16.7. The molecule has 0 bridgehead atoms. The van der Waals surface area contributed by atoms with E-state index in [4.69, 9.17) is 4.74 Å². The highest BCUT2D eigenvalue weighted by atomic mass is 16.5. The Hall–Kier alpha value is -2.41. The van der Waals surface area contributed by atoms with Crippen LogP contribution in [0.15, 0.2) is 18.2 Å². The van der Waals surface area contributed by atoms with Crippen LogP contribution in [0.5, 0.6) is 5.75 Å². The Morgan fingerprint density at radius 1 is 1.25 bits per heavy atom. The fraction of sp³-hybridized carbons (Fsp3) is 0.571. The number of hydrogen-bond donors (Lipinski definition) is 2. The molecule has 0 unspecified atom stereocenters. The number of methoxy groups -OCH3 is 1. The van der Waals surface area contributed by atoms with E-state index in [1.165, 1.54) is 4.90 Å². The van der Waals surface area contributed by atoms with Crippen molar-refractivity contribution in [3.63, 3.8) is 0 Å². The summed E-state index contributed by atoms with van der Waals surface area (Å²) >= 11 is 0. The minimum absolute atomic E-state index is 0.190. The topological polar surface area (TPSA) is 87.7 Å². The highest BCUT2D eigenvalue weighted by molar-refractivity contribution is 6.14. The lowest BCUT2D eigenvalue weighted by Crippen LogP contribution is -2.52. The standard InChI is InChI=1S/C21H27N3O4/c1-5-8-24-19(26)16-15-17(23-21(16,20(24)27)10-11(2)3)13-9-12(28-4)6-7-14(13)22-18(15)25/h6-7,9,11,15-17,23H,5,8,10H2,1-4H3,(H,22,25)/t15-,16-,17-,21-/m0/s1. The molecule has 2 fully saturated rings. The average Bonchev–Trinajstić information content (AvgIpc) is 3.08. The summed E-state index contributed by atoms with van der Waals surface area (Å²) in [6.07, 6.45) is 1.21. The Bertz CT molecular complexity index is 852. The van der Waals surface area contributed by atoms with E-state index < -0.39 is 17.4 Å². The van der Waals surface area contributed by atoms with Crippen molar-refractivity contribution in [3.8, 4) is 5.75 Å². The van der Waals surface area contributed by atoms with Crippen molar-refractivity contribution in [2.75, 3.05) is 19.0 Å². The van der Waals surface area contributed by atoms with Gasteiger partial charge >= 0.3 is 0 Å². The van der Waals surface area contributed by atoms with Crippen molar-refractivity contribution >= 4 is 23.4 Å². The van der Waals surface area contributed by atoms with Crippen LogP contribution in [0, 0.1) is 17.8 Å². The van der Waals surface area contributed by atoms with Gasteiger partial charge in [-0.3, -0.25) is 24.6 Å². The summed E-state index contributed by atoms with van der Waals surface area (Å²) in [7, 11) is 1.59. The number of imide groups is 1. The molecule has 150 valence electrons. The highest BCUT2D eigenvalue weighted by Crippen LogP contribution is 2.54. The van der Waals surface area contributed by atoms with Crippen molar-refractivity contribution in [2.45, 2.75) is 45.2 Å². The summed E-state index contributed by atoms with van der Waals surface area (Å²) in [6.45, 7) is 6.40. The number of fused-ring (bicyclic) bond motifs is 5. The van der Waals surface area contributed by atoms with Gasteiger partial charge in [-0.2, -0.15) is 0 Å². The summed E-state index contributed by atoms with van der Waals surface area (Å²) in [4.78, 5) is 41.1. The molecule has 1 aromatic carbocycles. The van der Waals surface area contributed by atoms with Gasteiger partial charge in [-0.25, -0.2) is 0 Å². The summed E-state index contributed by atoms with van der Waals surface area (Å²) in [5.41, 5.74) is 0.534. The molecule has 4 atom stereocenters. The third-order valence-electron chi connectivity index (χ3n) is 6.15. The molecule has 0 saturated carbocycles. The number of ether oxygens (including phenoxy) is 1. The molecule has 3 heterocycles. The Balaban J connectivity index is 1.84. The highest BCUT2D eigenvalue weighted by Gasteiger charge is 2.69. The lowest BCUT2D eigenvalue weighted by atomic mass is 9.74. The molecule has 28 heavy (non-hydrogen) atoms.